The summed E-state index contributed by atoms with van der Waals surface area (Å²) >= 11 is 5.50. The molecule has 6 aliphatic rings. The minimum atomic E-state index is -0.269. The first-order chi connectivity index (χ1) is 13.8. The average molecular weight is 618 g/mol. The van der Waals surface area contributed by atoms with E-state index in [4.69, 9.17) is 4.74 Å². The van der Waals surface area contributed by atoms with Crippen molar-refractivity contribution in [3.63, 3.8) is 0 Å². The Morgan fingerprint density at radius 3 is 2.86 bits per heavy atom. The topological polar surface area (TPSA) is 46.5 Å². The summed E-state index contributed by atoms with van der Waals surface area (Å²) < 4.78 is 6.80. The number of alkyl halides is 2. The summed E-state index contributed by atoms with van der Waals surface area (Å²) in [6.45, 7) is 2.36. The maximum absolute atomic E-state index is 12.2. The SMILES string of the molecule is CC1C=C[C@]2(O1)C1CC1C1C3(I)CC=CC4=CC(=O)CCC4(I)C3CCC12CO. The lowest BCUT2D eigenvalue weighted by molar-refractivity contribution is -0.161. The fourth-order valence-corrected chi connectivity index (χ4v) is 12.4. The first kappa shape index (κ1) is 19.9. The Morgan fingerprint density at radius 2 is 2.14 bits per heavy atom. The van der Waals surface area contributed by atoms with E-state index >= 15 is 0 Å². The number of aliphatic hydroxyl groups excluding tert-OH is 1. The summed E-state index contributed by atoms with van der Waals surface area (Å²) in [7, 11) is 0. The van der Waals surface area contributed by atoms with Gasteiger partial charge in [-0.05, 0) is 74.3 Å². The molecule has 0 aromatic carbocycles. The van der Waals surface area contributed by atoms with Gasteiger partial charge < -0.3 is 9.84 Å². The highest BCUT2D eigenvalue weighted by molar-refractivity contribution is 14.1. The third kappa shape index (κ3) is 2.29. The molecule has 0 radical (unpaired) electrons. The van der Waals surface area contributed by atoms with Crippen molar-refractivity contribution in [1.82, 2.24) is 0 Å². The van der Waals surface area contributed by atoms with E-state index in [1.54, 1.807) is 0 Å². The van der Waals surface area contributed by atoms with E-state index in [0.717, 1.165) is 25.7 Å². The average Bonchev–Trinajstić information content (AvgIpc) is 3.33. The highest BCUT2D eigenvalue weighted by Crippen LogP contribution is 2.80. The molecule has 0 aromatic heterocycles. The van der Waals surface area contributed by atoms with Crippen molar-refractivity contribution >= 4 is 51.0 Å². The van der Waals surface area contributed by atoms with E-state index in [1.807, 2.05) is 6.08 Å². The van der Waals surface area contributed by atoms with Crippen molar-refractivity contribution in [2.75, 3.05) is 6.61 Å². The summed E-state index contributed by atoms with van der Waals surface area (Å²) in [6.07, 6.45) is 17.2. The molecule has 1 N–H and O–H groups in total. The maximum Gasteiger partial charge on any atom is 0.156 e. The number of halogens is 2. The highest BCUT2D eigenvalue weighted by Gasteiger charge is 2.81. The molecule has 0 aromatic rings. The van der Waals surface area contributed by atoms with Crippen LogP contribution in [0.5, 0.6) is 0 Å². The van der Waals surface area contributed by atoms with Crippen molar-refractivity contribution < 1.29 is 14.6 Å². The molecule has 3 saturated carbocycles. The van der Waals surface area contributed by atoms with Gasteiger partial charge in [-0.2, -0.15) is 0 Å². The van der Waals surface area contributed by atoms with Crippen molar-refractivity contribution in [1.29, 1.82) is 0 Å². The Hall–Kier alpha value is 0.270. The van der Waals surface area contributed by atoms with Crippen LogP contribution in [0.1, 0.15) is 45.4 Å². The number of carbonyl (C=O) groups excluding carboxylic acids is 1. The molecule has 6 rings (SSSR count). The molecular weight excluding hydrogens is 590 g/mol. The Morgan fingerprint density at radius 1 is 1.31 bits per heavy atom. The first-order valence-corrected chi connectivity index (χ1v) is 13.2. The van der Waals surface area contributed by atoms with Gasteiger partial charge in [0, 0.05) is 15.3 Å². The zero-order valence-corrected chi connectivity index (χ0v) is 21.1. The van der Waals surface area contributed by atoms with E-state index in [9.17, 15) is 9.90 Å². The van der Waals surface area contributed by atoms with Gasteiger partial charge in [0.05, 0.1) is 21.7 Å². The van der Waals surface area contributed by atoms with Gasteiger partial charge in [0.1, 0.15) is 0 Å². The fourth-order valence-electron chi connectivity index (χ4n) is 8.20. The number of rotatable bonds is 1. The second-order valence-corrected chi connectivity index (χ2v) is 14.3. The summed E-state index contributed by atoms with van der Waals surface area (Å²) in [6, 6.07) is 0. The zero-order chi connectivity index (χ0) is 20.2. The summed E-state index contributed by atoms with van der Waals surface area (Å²) in [5.74, 6) is 2.48. The summed E-state index contributed by atoms with van der Waals surface area (Å²) in [4.78, 5) is 12.2. The molecule has 1 aliphatic heterocycles. The molecule has 0 saturated heterocycles. The second kappa shape index (κ2) is 6.19. The van der Waals surface area contributed by atoms with Crippen molar-refractivity contribution in [3.05, 3.63) is 36.0 Å². The molecule has 3 fully saturated rings. The Kier molecular flexibility index (Phi) is 4.25. The van der Waals surface area contributed by atoms with Gasteiger partial charge in [0.15, 0.2) is 5.78 Å². The number of ether oxygens (including phenoxy) is 1. The number of allylic oxidation sites excluding steroid dienone is 4. The number of hydrogen-bond acceptors (Lipinski definition) is 3. The largest absolute Gasteiger partial charge is 0.396 e. The van der Waals surface area contributed by atoms with E-state index < -0.39 is 0 Å². The smallest absolute Gasteiger partial charge is 0.156 e. The third-order valence-electron chi connectivity index (χ3n) is 9.26. The minimum absolute atomic E-state index is 0.0290. The van der Waals surface area contributed by atoms with Crippen LogP contribution in [0.2, 0.25) is 0 Å². The second-order valence-electron chi connectivity index (χ2n) is 10.3. The Labute approximate surface area is 200 Å². The molecule has 156 valence electrons. The van der Waals surface area contributed by atoms with Crippen LogP contribution in [-0.2, 0) is 9.53 Å². The maximum atomic E-state index is 12.2. The van der Waals surface area contributed by atoms with Gasteiger partial charge >= 0.3 is 0 Å². The van der Waals surface area contributed by atoms with Gasteiger partial charge in [-0.25, -0.2) is 0 Å². The van der Waals surface area contributed by atoms with Crippen LogP contribution in [0.3, 0.4) is 0 Å². The standard InChI is InChI=1S/C24H28I2O3/c1-14-4-10-24(29-14)18-12-17(18)20-21(24,13-27)8-6-19-22(25)9-5-16(28)11-15(22)3-2-7-23(19,20)26/h2-4,10-11,14,17-20,27H,5-9,12-13H2,1H3/t14?,17?,18?,19?,20?,21?,22?,23?,24-/m0/s1. The summed E-state index contributed by atoms with van der Waals surface area (Å²) in [5.41, 5.74) is 0.800. The number of aliphatic hydroxyl groups is 1. The number of ketones is 1. The van der Waals surface area contributed by atoms with Crippen LogP contribution >= 0.6 is 45.2 Å². The van der Waals surface area contributed by atoms with Crippen LogP contribution in [0.4, 0.5) is 0 Å². The normalized spacial score (nSPS) is 57.0. The molecule has 5 heteroatoms. The lowest BCUT2D eigenvalue weighted by atomic mass is 9.51. The lowest BCUT2D eigenvalue weighted by Crippen LogP contribution is -2.64. The fraction of sp³-hybridized carbons (Fsp3) is 0.708. The molecule has 0 bridgehead atoms. The molecule has 5 aliphatic carbocycles. The molecule has 1 spiro atoms. The van der Waals surface area contributed by atoms with Crippen molar-refractivity contribution in [3.8, 4) is 0 Å². The summed E-state index contributed by atoms with van der Waals surface area (Å²) in [5, 5.41) is 10.9. The molecule has 0 amide bonds. The van der Waals surface area contributed by atoms with Crippen molar-refractivity contribution in [2.24, 2.45) is 29.1 Å². The predicted octanol–water partition coefficient (Wildman–Crippen LogP) is 4.95. The first-order valence-electron chi connectivity index (χ1n) is 11.1. The molecular formula is C24H28I2O3. The molecule has 8 unspecified atom stereocenters. The van der Waals surface area contributed by atoms with E-state index in [-0.39, 0.29) is 36.4 Å². The number of carbonyl (C=O) groups is 1. The number of fused-ring (bicyclic) bond motifs is 9. The highest BCUT2D eigenvalue weighted by atomic mass is 127. The number of hydrogen-bond donors (Lipinski definition) is 1. The molecule has 29 heavy (non-hydrogen) atoms. The predicted molar refractivity (Wildman–Crippen MR) is 129 cm³/mol. The van der Waals surface area contributed by atoms with E-state index in [0.29, 0.717) is 30.1 Å². The quantitative estimate of drug-likeness (QED) is 0.257. The van der Waals surface area contributed by atoms with Gasteiger partial charge in [0.2, 0.25) is 0 Å². The minimum Gasteiger partial charge on any atom is -0.396 e. The monoisotopic (exact) mass is 618 g/mol. The van der Waals surface area contributed by atoms with E-state index in [1.165, 1.54) is 12.0 Å². The van der Waals surface area contributed by atoms with Crippen LogP contribution in [0, 0.1) is 29.1 Å². The van der Waals surface area contributed by atoms with Crippen LogP contribution < -0.4 is 0 Å². The lowest BCUT2D eigenvalue weighted by Gasteiger charge is -2.61. The third-order valence-corrected chi connectivity index (χ3v) is 13.0. The van der Waals surface area contributed by atoms with Crippen LogP contribution in [-0.4, -0.2) is 36.0 Å². The van der Waals surface area contributed by atoms with Gasteiger partial charge in [-0.15, -0.1) is 0 Å². The van der Waals surface area contributed by atoms with Crippen LogP contribution in [0.25, 0.3) is 0 Å². The van der Waals surface area contributed by atoms with E-state index in [2.05, 4.69) is 76.4 Å². The Balaban J connectivity index is 1.49. The molecule has 3 nitrogen and oxygen atoms in total. The molecule has 9 atom stereocenters. The van der Waals surface area contributed by atoms with Crippen LogP contribution in [0.15, 0.2) is 36.0 Å². The van der Waals surface area contributed by atoms with Gasteiger partial charge in [-0.1, -0.05) is 69.5 Å². The van der Waals surface area contributed by atoms with Gasteiger partial charge in [0.25, 0.3) is 0 Å². The van der Waals surface area contributed by atoms with Crippen molar-refractivity contribution in [2.45, 2.75) is 64.0 Å². The Bertz CT molecular complexity index is 879. The molecule has 1 heterocycles. The zero-order valence-electron chi connectivity index (χ0n) is 16.7. The van der Waals surface area contributed by atoms with Gasteiger partial charge in [-0.3, -0.25) is 4.79 Å².